The Morgan fingerprint density at radius 3 is 3.20 bits per heavy atom. The van der Waals surface area contributed by atoms with Crippen molar-refractivity contribution < 1.29 is 9.32 Å². The van der Waals surface area contributed by atoms with E-state index in [4.69, 9.17) is 4.52 Å². The van der Waals surface area contributed by atoms with Gasteiger partial charge in [-0.15, -0.1) is 0 Å². The first-order valence-corrected chi connectivity index (χ1v) is 5.28. The number of Topliss-reactive ketones (excluding diaryl/α,β-unsaturated/α-hetero) is 1. The van der Waals surface area contributed by atoms with Crippen LogP contribution in [-0.2, 0) is 17.6 Å². The highest BCUT2D eigenvalue weighted by atomic mass is 16.5. The van der Waals surface area contributed by atoms with Crippen LogP contribution in [0.2, 0.25) is 0 Å². The molecule has 0 saturated carbocycles. The molecule has 5 nitrogen and oxygen atoms in total. The lowest BCUT2D eigenvalue weighted by Crippen LogP contribution is -2.24. The number of rotatable bonds is 4. The Bertz CT molecular complexity index is 342. The molecule has 0 aromatic carbocycles. The van der Waals surface area contributed by atoms with E-state index in [9.17, 15) is 4.79 Å². The largest absolute Gasteiger partial charge is 0.339 e. The van der Waals surface area contributed by atoms with Crippen molar-refractivity contribution in [3.05, 3.63) is 11.7 Å². The maximum absolute atomic E-state index is 10.8. The van der Waals surface area contributed by atoms with Crippen LogP contribution in [0.25, 0.3) is 0 Å². The quantitative estimate of drug-likeness (QED) is 0.781. The third-order valence-electron chi connectivity index (χ3n) is 2.50. The highest BCUT2D eigenvalue weighted by Gasteiger charge is 2.17. The fourth-order valence-corrected chi connectivity index (χ4v) is 1.81. The normalized spacial score (nSPS) is 20.7. The molecule has 1 atom stereocenters. The summed E-state index contributed by atoms with van der Waals surface area (Å²) in [5.41, 5.74) is 0. The fourth-order valence-electron chi connectivity index (χ4n) is 1.81. The van der Waals surface area contributed by atoms with Crippen LogP contribution in [0.3, 0.4) is 0 Å². The summed E-state index contributed by atoms with van der Waals surface area (Å²) in [5.74, 6) is 1.17. The van der Waals surface area contributed by atoms with Gasteiger partial charge in [-0.1, -0.05) is 5.16 Å². The Morgan fingerprint density at radius 1 is 1.67 bits per heavy atom. The summed E-state index contributed by atoms with van der Waals surface area (Å²) in [6.45, 7) is 2.59. The monoisotopic (exact) mass is 209 g/mol. The van der Waals surface area contributed by atoms with Crippen molar-refractivity contribution in [1.29, 1.82) is 0 Å². The number of nitrogens with zero attached hydrogens (tertiary/aromatic N) is 2. The van der Waals surface area contributed by atoms with Crippen molar-refractivity contribution in [2.45, 2.75) is 38.6 Å². The first-order chi connectivity index (χ1) is 7.24. The van der Waals surface area contributed by atoms with Crippen LogP contribution in [-0.4, -0.2) is 28.5 Å². The van der Waals surface area contributed by atoms with Crippen LogP contribution in [0.4, 0.5) is 0 Å². The van der Waals surface area contributed by atoms with Crippen molar-refractivity contribution in [3.8, 4) is 0 Å². The fraction of sp³-hybridized carbons (Fsp3) is 0.700. The summed E-state index contributed by atoms with van der Waals surface area (Å²) < 4.78 is 4.98. The minimum atomic E-state index is 0.0455. The van der Waals surface area contributed by atoms with Crippen LogP contribution >= 0.6 is 0 Å². The zero-order valence-electron chi connectivity index (χ0n) is 8.82. The molecule has 1 saturated heterocycles. The molecular weight excluding hydrogens is 194 g/mol. The lowest BCUT2D eigenvalue weighted by Gasteiger charge is -2.04. The van der Waals surface area contributed by atoms with E-state index in [0.29, 0.717) is 17.8 Å². The Labute approximate surface area is 88.2 Å². The van der Waals surface area contributed by atoms with E-state index in [-0.39, 0.29) is 12.2 Å². The SMILES string of the molecule is CC(=O)Cc1nc(CC2CCCN2)no1. The lowest BCUT2D eigenvalue weighted by molar-refractivity contribution is -0.116. The maximum Gasteiger partial charge on any atom is 0.234 e. The molecule has 1 aliphatic heterocycles. The molecule has 0 bridgehead atoms. The van der Waals surface area contributed by atoms with Crippen LogP contribution in [0.1, 0.15) is 31.5 Å². The van der Waals surface area contributed by atoms with Gasteiger partial charge in [-0.2, -0.15) is 4.98 Å². The second-order valence-electron chi connectivity index (χ2n) is 3.98. The Kier molecular flexibility index (Phi) is 3.11. The second kappa shape index (κ2) is 4.53. The molecule has 1 aliphatic rings. The molecular formula is C10H15N3O2. The molecule has 15 heavy (non-hydrogen) atoms. The van der Waals surface area contributed by atoms with Gasteiger partial charge in [0.15, 0.2) is 5.82 Å². The van der Waals surface area contributed by atoms with Gasteiger partial charge in [-0.25, -0.2) is 0 Å². The summed E-state index contributed by atoms with van der Waals surface area (Å²) in [7, 11) is 0. The van der Waals surface area contributed by atoms with E-state index < -0.39 is 0 Å². The maximum atomic E-state index is 10.8. The Balaban J connectivity index is 1.91. The number of carbonyl (C=O) groups is 1. The van der Waals surface area contributed by atoms with Gasteiger partial charge in [0.05, 0.1) is 6.42 Å². The third kappa shape index (κ3) is 2.86. The minimum absolute atomic E-state index is 0.0455. The van der Waals surface area contributed by atoms with Gasteiger partial charge in [0.2, 0.25) is 5.89 Å². The number of hydrogen-bond donors (Lipinski definition) is 1. The van der Waals surface area contributed by atoms with Gasteiger partial charge in [-0.3, -0.25) is 4.79 Å². The number of aromatic nitrogens is 2. The molecule has 1 fully saturated rings. The summed E-state index contributed by atoms with van der Waals surface area (Å²) in [5, 5.41) is 7.22. The summed E-state index contributed by atoms with van der Waals surface area (Å²) in [4.78, 5) is 15.0. The lowest BCUT2D eigenvalue weighted by atomic mass is 10.1. The molecule has 0 radical (unpaired) electrons. The molecule has 2 rings (SSSR count). The van der Waals surface area contributed by atoms with Crippen molar-refractivity contribution in [1.82, 2.24) is 15.5 Å². The highest BCUT2D eigenvalue weighted by molar-refractivity contribution is 5.77. The third-order valence-corrected chi connectivity index (χ3v) is 2.50. The van der Waals surface area contributed by atoms with E-state index >= 15 is 0 Å². The zero-order valence-corrected chi connectivity index (χ0v) is 8.82. The summed E-state index contributed by atoms with van der Waals surface area (Å²) in [6.07, 6.45) is 3.41. The Hall–Kier alpha value is -1.23. The number of hydrogen-bond acceptors (Lipinski definition) is 5. The van der Waals surface area contributed by atoms with Crippen molar-refractivity contribution in [2.24, 2.45) is 0 Å². The van der Waals surface area contributed by atoms with Crippen molar-refractivity contribution >= 4 is 5.78 Å². The van der Waals surface area contributed by atoms with Gasteiger partial charge in [0.1, 0.15) is 5.78 Å². The average Bonchev–Trinajstić information content (AvgIpc) is 2.77. The van der Waals surface area contributed by atoms with Gasteiger partial charge in [0.25, 0.3) is 0 Å². The summed E-state index contributed by atoms with van der Waals surface area (Å²) >= 11 is 0. The molecule has 1 unspecified atom stereocenters. The molecule has 0 aliphatic carbocycles. The average molecular weight is 209 g/mol. The zero-order chi connectivity index (χ0) is 10.7. The van der Waals surface area contributed by atoms with Gasteiger partial charge in [0, 0.05) is 12.5 Å². The molecule has 5 heteroatoms. The number of ketones is 1. The molecule has 0 spiro atoms. The van der Waals surface area contributed by atoms with Crippen molar-refractivity contribution in [3.63, 3.8) is 0 Å². The predicted molar refractivity (Wildman–Crippen MR) is 53.4 cm³/mol. The van der Waals surface area contributed by atoms with E-state index in [2.05, 4.69) is 15.5 Å². The topological polar surface area (TPSA) is 68.0 Å². The van der Waals surface area contributed by atoms with E-state index in [0.717, 1.165) is 19.4 Å². The second-order valence-corrected chi connectivity index (χ2v) is 3.98. The van der Waals surface area contributed by atoms with Crippen LogP contribution in [0.15, 0.2) is 4.52 Å². The van der Waals surface area contributed by atoms with Gasteiger partial charge >= 0.3 is 0 Å². The standard InChI is InChI=1S/C10H15N3O2/c1-7(14)5-10-12-9(13-15-10)6-8-3-2-4-11-8/h8,11H,2-6H2,1H3. The number of carbonyl (C=O) groups excluding carboxylic acids is 1. The van der Waals surface area contributed by atoms with Crippen LogP contribution in [0.5, 0.6) is 0 Å². The van der Waals surface area contributed by atoms with Gasteiger partial charge in [-0.05, 0) is 26.3 Å². The molecule has 1 aromatic rings. The molecule has 0 amide bonds. The number of nitrogens with one attached hydrogen (secondary N) is 1. The molecule has 2 heterocycles. The van der Waals surface area contributed by atoms with Gasteiger partial charge < -0.3 is 9.84 Å². The smallest absolute Gasteiger partial charge is 0.234 e. The summed E-state index contributed by atoms with van der Waals surface area (Å²) in [6, 6.07) is 0.466. The molecule has 1 aromatic heterocycles. The van der Waals surface area contributed by atoms with Crippen molar-refractivity contribution in [2.75, 3.05) is 6.54 Å². The first kappa shape index (κ1) is 10.3. The van der Waals surface area contributed by atoms with E-state index in [1.165, 1.54) is 13.3 Å². The van der Waals surface area contributed by atoms with Crippen LogP contribution in [0, 0.1) is 0 Å². The van der Waals surface area contributed by atoms with E-state index in [1.54, 1.807) is 0 Å². The predicted octanol–water partition coefficient (Wildman–Crippen LogP) is 0.496. The first-order valence-electron chi connectivity index (χ1n) is 5.28. The Morgan fingerprint density at radius 2 is 2.53 bits per heavy atom. The molecule has 1 N–H and O–H groups in total. The molecule has 82 valence electrons. The minimum Gasteiger partial charge on any atom is -0.339 e. The highest BCUT2D eigenvalue weighted by Crippen LogP contribution is 2.10. The van der Waals surface area contributed by atoms with E-state index in [1.807, 2.05) is 0 Å². The van der Waals surface area contributed by atoms with Crippen LogP contribution < -0.4 is 5.32 Å².